The molecule has 0 aliphatic rings. The highest BCUT2D eigenvalue weighted by Crippen LogP contribution is 2.14. The first-order valence-electron chi connectivity index (χ1n) is 6.07. The standard InChI is InChI=1S/C12H15N3O4S2/c1-21(17,18)11-4-2-9(3-5-11)13-6-10(16)8-19-12-7-14-20-15-12/h2-5,7,10,13,16H,6,8H2,1H3. The number of aliphatic hydroxyl groups excluding tert-OH is 1. The Morgan fingerprint density at radius 2 is 2.10 bits per heavy atom. The third kappa shape index (κ3) is 4.96. The lowest BCUT2D eigenvalue weighted by Crippen LogP contribution is -2.26. The van der Waals surface area contributed by atoms with Gasteiger partial charge in [-0.05, 0) is 24.3 Å². The summed E-state index contributed by atoms with van der Waals surface area (Å²) in [6.45, 7) is 0.371. The number of anilines is 1. The summed E-state index contributed by atoms with van der Waals surface area (Å²) < 4.78 is 35.5. The average molecular weight is 329 g/mol. The van der Waals surface area contributed by atoms with Crippen LogP contribution in [0.25, 0.3) is 0 Å². The molecule has 1 unspecified atom stereocenters. The summed E-state index contributed by atoms with van der Waals surface area (Å²) in [5.41, 5.74) is 0.719. The van der Waals surface area contributed by atoms with Crippen LogP contribution in [0.5, 0.6) is 5.88 Å². The molecule has 0 aliphatic carbocycles. The summed E-state index contributed by atoms with van der Waals surface area (Å²) in [4.78, 5) is 0.257. The summed E-state index contributed by atoms with van der Waals surface area (Å²) in [5.74, 6) is 0.386. The maximum Gasteiger partial charge on any atom is 0.245 e. The first-order chi connectivity index (χ1) is 9.95. The van der Waals surface area contributed by atoms with E-state index in [1.807, 2.05) is 0 Å². The molecule has 0 fully saturated rings. The fourth-order valence-corrected chi connectivity index (χ4v) is 2.51. The van der Waals surface area contributed by atoms with Crippen molar-refractivity contribution in [3.8, 4) is 5.88 Å². The van der Waals surface area contributed by atoms with Crippen LogP contribution in [0.3, 0.4) is 0 Å². The molecule has 0 saturated carbocycles. The van der Waals surface area contributed by atoms with Gasteiger partial charge in [-0.2, -0.15) is 4.37 Å². The van der Waals surface area contributed by atoms with Crippen molar-refractivity contribution in [1.82, 2.24) is 8.75 Å². The molecule has 9 heteroatoms. The summed E-state index contributed by atoms with van der Waals surface area (Å²) in [6, 6.07) is 6.33. The zero-order valence-corrected chi connectivity index (χ0v) is 12.9. The van der Waals surface area contributed by atoms with Crippen molar-refractivity contribution < 1.29 is 18.3 Å². The Balaban J connectivity index is 1.79. The molecule has 1 aromatic heterocycles. The van der Waals surface area contributed by atoms with Crippen molar-refractivity contribution >= 4 is 27.3 Å². The summed E-state index contributed by atoms with van der Waals surface area (Å²) in [6.07, 6.45) is 1.92. The van der Waals surface area contributed by atoms with Crippen molar-refractivity contribution in [2.45, 2.75) is 11.0 Å². The van der Waals surface area contributed by atoms with E-state index in [0.29, 0.717) is 5.88 Å². The van der Waals surface area contributed by atoms with Gasteiger partial charge in [-0.1, -0.05) is 0 Å². The zero-order valence-electron chi connectivity index (χ0n) is 11.3. The number of benzene rings is 1. The second kappa shape index (κ2) is 6.83. The van der Waals surface area contributed by atoms with Crippen molar-refractivity contribution in [2.75, 3.05) is 24.7 Å². The van der Waals surface area contributed by atoms with Gasteiger partial charge in [0.15, 0.2) is 9.84 Å². The first kappa shape index (κ1) is 15.7. The van der Waals surface area contributed by atoms with E-state index >= 15 is 0 Å². The number of aromatic nitrogens is 2. The largest absolute Gasteiger partial charge is 0.473 e. The number of rotatable bonds is 7. The fraction of sp³-hybridized carbons (Fsp3) is 0.333. The Hall–Kier alpha value is -1.71. The van der Waals surface area contributed by atoms with Gasteiger partial charge in [0.1, 0.15) is 18.9 Å². The summed E-state index contributed by atoms with van der Waals surface area (Å²) in [7, 11) is -3.19. The van der Waals surface area contributed by atoms with E-state index in [1.54, 1.807) is 12.1 Å². The molecule has 1 atom stereocenters. The van der Waals surface area contributed by atoms with Crippen LogP contribution in [0.2, 0.25) is 0 Å². The molecule has 0 radical (unpaired) electrons. The number of aliphatic hydroxyl groups is 1. The van der Waals surface area contributed by atoms with Gasteiger partial charge in [-0.25, -0.2) is 8.42 Å². The van der Waals surface area contributed by atoms with Crippen LogP contribution >= 0.6 is 11.7 Å². The second-order valence-electron chi connectivity index (χ2n) is 4.39. The zero-order chi connectivity index (χ0) is 15.3. The normalized spacial score (nSPS) is 12.9. The first-order valence-corrected chi connectivity index (χ1v) is 8.70. The van der Waals surface area contributed by atoms with E-state index in [9.17, 15) is 13.5 Å². The lowest BCUT2D eigenvalue weighted by Gasteiger charge is -2.13. The van der Waals surface area contributed by atoms with E-state index in [2.05, 4.69) is 14.1 Å². The predicted molar refractivity (Wildman–Crippen MR) is 79.5 cm³/mol. The highest BCUT2D eigenvalue weighted by molar-refractivity contribution is 7.90. The molecular weight excluding hydrogens is 314 g/mol. The molecule has 0 spiro atoms. The molecule has 1 heterocycles. The number of nitrogens with zero attached hydrogens (tertiary/aromatic N) is 2. The van der Waals surface area contributed by atoms with Gasteiger partial charge >= 0.3 is 0 Å². The maximum atomic E-state index is 11.3. The summed E-state index contributed by atoms with van der Waals surface area (Å²) in [5, 5.41) is 12.8. The smallest absolute Gasteiger partial charge is 0.245 e. The molecule has 21 heavy (non-hydrogen) atoms. The molecule has 0 aliphatic heterocycles. The summed E-state index contributed by atoms with van der Waals surface area (Å²) >= 11 is 1.03. The van der Waals surface area contributed by atoms with Gasteiger partial charge in [-0.15, -0.1) is 4.37 Å². The predicted octanol–water partition coefficient (Wildman–Crippen LogP) is 0.793. The molecule has 1 aromatic carbocycles. The van der Waals surface area contributed by atoms with Crippen LogP contribution in [0.15, 0.2) is 35.4 Å². The second-order valence-corrected chi connectivity index (χ2v) is 6.96. The van der Waals surface area contributed by atoms with Gasteiger partial charge in [0, 0.05) is 18.5 Å². The highest BCUT2D eigenvalue weighted by atomic mass is 32.2. The third-order valence-corrected chi connectivity index (χ3v) is 4.18. The molecule has 2 N–H and O–H groups in total. The third-order valence-electron chi connectivity index (χ3n) is 2.59. The lowest BCUT2D eigenvalue weighted by molar-refractivity contribution is 0.115. The molecular formula is C12H15N3O4S2. The average Bonchev–Trinajstić information content (AvgIpc) is 2.95. The molecule has 0 amide bonds. The van der Waals surface area contributed by atoms with Gasteiger partial charge in [0.05, 0.1) is 16.6 Å². The van der Waals surface area contributed by atoms with E-state index in [1.165, 1.54) is 18.3 Å². The van der Waals surface area contributed by atoms with Gasteiger partial charge in [0.2, 0.25) is 5.88 Å². The van der Waals surface area contributed by atoms with Crippen LogP contribution in [-0.2, 0) is 9.84 Å². The van der Waals surface area contributed by atoms with Crippen LogP contribution < -0.4 is 10.1 Å². The highest BCUT2D eigenvalue weighted by Gasteiger charge is 2.08. The van der Waals surface area contributed by atoms with E-state index in [-0.39, 0.29) is 18.0 Å². The van der Waals surface area contributed by atoms with Crippen LogP contribution in [0, 0.1) is 0 Å². The van der Waals surface area contributed by atoms with Crippen LogP contribution in [0.4, 0.5) is 5.69 Å². The Morgan fingerprint density at radius 3 is 2.67 bits per heavy atom. The molecule has 0 saturated heterocycles. The lowest BCUT2D eigenvalue weighted by atomic mass is 10.3. The minimum absolute atomic E-state index is 0.0971. The monoisotopic (exact) mass is 329 g/mol. The number of hydrogen-bond donors (Lipinski definition) is 2. The SMILES string of the molecule is CS(=O)(=O)c1ccc(NCC(O)COc2cnsn2)cc1. The number of sulfone groups is 1. The number of ether oxygens (including phenoxy) is 1. The van der Waals surface area contributed by atoms with Crippen LogP contribution in [-0.4, -0.2) is 47.8 Å². The minimum atomic E-state index is -3.19. The minimum Gasteiger partial charge on any atom is -0.473 e. The van der Waals surface area contributed by atoms with Gasteiger partial charge in [0.25, 0.3) is 0 Å². The van der Waals surface area contributed by atoms with Crippen molar-refractivity contribution in [1.29, 1.82) is 0 Å². The Morgan fingerprint density at radius 1 is 1.38 bits per heavy atom. The molecule has 2 rings (SSSR count). The maximum absolute atomic E-state index is 11.3. The quantitative estimate of drug-likeness (QED) is 0.774. The Bertz CT molecular complexity index is 656. The van der Waals surface area contributed by atoms with E-state index < -0.39 is 15.9 Å². The van der Waals surface area contributed by atoms with Crippen LogP contribution in [0.1, 0.15) is 0 Å². The molecule has 114 valence electrons. The fourth-order valence-electron chi connectivity index (χ4n) is 1.52. The van der Waals surface area contributed by atoms with E-state index in [0.717, 1.165) is 23.7 Å². The topological polar surface area (TPSA) is 101 Å². The van der Waals surface area contributed by atoms with Crippen molar-refractivity contribution in [3.05, 3.63) is 30.5 Å². The molecule has 7 nitrogen and oxygen atoms in total. The molecule has 2 aromatic rings. The Labute approximate surface area is 126 Å². The number of nitrogens with one attached hydrogen (secondary N) is 1. The van der Waals surface area contributed by atoms with Gasteiger partial charge in [-0.3, -0.25) is 0 Å². The molecule has 0 bridgehead atoms. The van der Waals surface area contributed by atoms with E-state index in [4.69, 9.17) is 4.74 Å². The van der Waals surface area contributed by atoms with Crippen molar-refractivity contribution in [2.24, 2.45) is 0 Å². The Kier molecular flexibility index (Phi) is 5.10. The number of hydrogen-bond acceptors (Lipinski definition) is 8. The van der Waals surface area contributed by atoms with Gasteiger partial charge < -0.3 is 15.2 Å². The van der Waals surface area contributed by atoms with Crippen molar-refractivity contribution in [3.63, 3.8) is 0 Å².